The van der Waals surface area contributed by atoms with Crippen LogP contribution in [0.1, 0.15) is 6.42 Å². The molecule has 152 valence electrons. The van der Waals surface area contributed by atoms with Crippen LogP contribution in [-0.2, 0) is 4.79 Å². The van der Waals surface area contributed by atoms with Crippen LogP contribution >= 0.6 is 0 Å². The number of piperazine rings is 1. The first-order chi connectivity index (χ1) is 14.0. The third-order valence-electron chi connectivity index (χ3n) is 5.35. The van der Waals surface area contributed by atoms with Gasteiger partial charge in [-0.05, 0) is 36.4 Å². The number of hydrogen-bond acceptors (Lipinski definition) is 3. The smallest absolute Gasteiger partial charge is 0.317 e. The monoisotopic (exact) mass is 400 g/mol. The van der Waals surface area contributed by atoms with Gasteiger partial charge in [-0.25, -0.2) is 13.6 Å². The van der Waals surface area contributed by atoms with Crippen LogP contribution in [0.3, 0.4) is 0 Å². The summed E-state index contributed by atoms with van der Waals surface area (Å²) < 4.78 is 27.0. The van der Waals surface area contributed by atoms with Gasteiger partial charge in [0.1, 0.15) is 11.6 Å². The van der Waals surface area contributed by atoms with Gasteiger partial charge in [-0.1, -0.05) is 12.1 Å². The van der Waals surface area contributed by atoms with Crippen molar-refractivity contribution in [1.29, 1.82) is 0 Å². The number of amides is 3. The van der Waals surface area contributed by atoms with Crippen molar-refractivity contribution in [3.8, 4) is 0 Å². The van der Waals surface area contributed by atoms with Gasteiger partial charge in [0.25, 0.3) is 0 Å². The van der Waals surface area contributed by atoms with Crippen LogP contribution < -0.4 is 15.1 Å². The predicted octanol–water partition coefficient (Wildman–Crippen LogP) is 2.60. The van der Waals surface area contributed by atoms with Gasteiger partial charge in [-0.3, -0.25) is 4.79 Å². The number of benzene rings is 2. The van der Waals surface area contributed by atoms with Gasteiger partial charge in [0.2, 0.25) is 5.91 Å². The van der Waals surface area contributed by atoms with E-state index in [4.69, 9.17) is 0 Å². The normalized spacial score (nSPS) is 19.6. The quantitative estimate of drug-likeness (QED) is 0.862. The molecule has 3 amide bonds. The maximum atomic E-state index is 13.9. The molecule has 2 aliphatic rings. The second-order valence-corrected chi connectivity index (χ2v) is 7.26. The molecule has 6 nitrogen and oxygen atoms in total. The fourth-order valence-electron chi connectivity index (χ4n) is 3.80. The summed E-state index contributed by atoms with van der Waals surface area (Å²) >= 11 is 0. The molecule has 4 rings (SSSR count). The van der Waals surface area contributed by atoms with Crippen LogP contribution in [0.15, 0.2) is 48.5 Å². The van der Waals surface area contributed by atoms with E-state index in [1.54, 1.807) is 40.1 Å². The predicted molar refractivity (Wildman–Crippen MR) is 106 cm³/mol. The zero-order valence-corrected chi connectivity index (χ0v) is 15.9. The van der Waals surface area contributed by atoms with Crippen molar-refractivity contribution in [2.75, 3.05) is 42.5 Å². The zero-order valence-electron chi connectivity index (χ0n) is 15.9. The highest BCUT2D eigenvalue weighted by Crippen LogP contribution is 2.23. The van der Waals surface area contributed by atoms with E-state index in [1.165, 1.54) is 18.2 Å². The molecule has 1 atom stereocenters. The Morgan fingerprint density at radius 2 is 1.66 bits per heavy atom. The van der Waals surface area contributed by atoms with Gasteiger partial charge < -0.3 is 20.0 Å². The summed E-state index contributed by atoms with van der Waals surface area (Å²) in [4.78, 5) is 30.1. The van der Waals surface area contributed by atoms with Crippen molar-refractivity contribution >= 4 is 23.3 Å². The van der Waals surface area contributed by atoms with Crippen LogP contribution in [0.2, 0.25) is 0 Å². The summed E-state index contributed by atoms with van der Waals surface area (Å²) in [5.74, 6) is -0.734. The lowest BCUT2D eigenvalue weighted by atomic mass is 10.2. The van der Waals surface area contributed by atoms with Crippen molar-refractivity contribution in [2.24, 2.45) is 0 Å². The number of carbonyl (C=O) groups is 2. The number of para-hydroxylation sites is 1. The second-order valence-electron chi connectivity index (χ2n) is 7.26. The lowest BCUT2D eigenvalue weighted by molar-refractivity contribution is -0.117. The number of halogens is 2. The van der Waals surface area contributed by atoms with Crippen LogP contribution in [0, 0.1) is 11.6 Å². The minimum atomic E-state index is -0.361. The molecular formula is C21H22F2N4O2. The number of urea groups is 1. The molecule has 2 heterocycles. The molecule has 0 aromatic heterocycles. The fraction of sp³-hybridized carbons (Fsp3) is 0.333. The minimum absolute atomic E-state index is 0.105. The van der Waals surface area contributed by atoms with Crippen molar-refractivity contribution in [3.63, 3.8) is 0 Å². The highest BCUT2D eigenvalue weighted by atomic mass is 19.1. The molecule has 0 spiro atoms. The number of rotatable bonds is 3. The van der Waals surface area contributed by atoms with Gasteiger partial charge in [0.05, 0.1) is 11.7 Å². The van der Waals surface area contributed by atoms with Crippen LogP contribution in [0.25, 0.3) is 0 Å². The molecule has 2 fully saturated rings. The van der Waals surface area contributed by atoms with Crippen LogP contribution in [0.4, 0.5) is 25.0 Å². The van der Waals surface area contributed by atoms with E-state index in [0.29, 0.717) is 44.1 Å². The lowest BCUT2D eigenvalue weighted by Crippen LogP contribution is -2.54. The summed E-state index contributed by atoms with van der Waals surface area (Å²) in [6.07, 6.45) is 0.207. The van der Waals surface area contributed by atoms with Gasteiger partial charge >= 0.3 is 6.03 Å². The highest BCUT2D eigenvalue weighted by Gasteiger charge is 2.33. The summed E-state index contributed by atoms with van der Waals surface area (Å²) in [5, 5.41) is 2.91. The van der Waals surface area contributed by atoms with Crippen molar-refractivity contribution in [3.05, 3.63) is 60.2 Å². The summed E-state index contributed by atoms with van der Waals surface area (Å²) in [7, 11) is 0. The first-order valence-electron chi connectivity index (χ1n) is 9.62. The standard InChI is InChI=1S/C21H22F2N4O2/c22-15-5-7-17(8-6-15)27-14-16(13-20(27)28)24-21(29)26-11-9-25(10-12-26)19-4-2-1-3-18(19)23/h1-8,16H,9-14H2,(H,24,29). The molecule has 1 unspecified atom stereocenters. The van der Waals surface area contributed by atoms with Crippen LogP contribution in [0.5, 0.6) is 0 Å². The Kier molecular flexibility index (Phi) is 5.33. The maximum Gasteiger partial charge on any atom is 0.317 e. The molecule has 2 saturated heterocycles. The second kappa shape index (κ2) is 8.06. The fourth-order valence-corrected chi connectivity index (χ4v) is 3.80. The van der Waals surface area contributed by atoms with Crippen molar-refractivity contribution in [1.82, 2.24) is 10.2 Å². The topological polar surface area (TPSA) is 55.9 Å². The van der Waals surface area contributed by atoms with E-state index < -0.39 is 0 Å². The molecule has 2 aromatic rings. The van der Waals surface area contributed by atoms with E-state index >= 15 is 0 Å². The average molecular weight is 400 g/mol. The number of hydrogen-bond donors (Lipinski definition) is 1. The Hall–Kier alpha value is -3.16. The Balaban J connectivity index is 1.31. The summed E-state index contributed by atoms with van der Waals surface area (Å²) in [5.41, 5.74) is 1.16. The number of nitrogens with one attached hydrogen (secondary N) is 1. The number of nitrogens with zero attached hydrogens (tertiary/aromatic N) is 3. The van der Waals surface area contributed by atoms with Gasteiger partial charge in [0, 0.05) is 44.8 Å². The van der Waals surface area contributed by atoms with Crippen molar-refractivity contribution in [2.45, 2.75) is 12.5 Å². The molecule has 2 aromatic carbocycles. The maximum absolute atomic E-state index is 13.9. The molecule has 0 aliphatic carbocycles. The first kappa shape index (κ1) is 19.2. The van der Waals surface area contributed by atoms with Gasteiger partial charge in [-0.15, -0.1) is 0 Å². The molecule has 1 N–H and O–H groups in total. The number of anilines is 2. The zero-order chi connectivity index (χ0) is 20.4. The van der Waals surface area contributed by atoms with Crippen molar-refractivity contribution < 1.29 is 18.4 Å². The Bertz CT molecular complexity index is 898. The largest absolute Gasteiger partial charge is 0.366 e. The van der Waals surface area contributed by atoms with Gasteiger partial charge in [-0.2, -0.15) is 0 Å². The molecular weight excluding hydrogens is 378 g/mol. The Morgan fingerprint density at radius 3 is 2.34 bits per heavy atom. The Morgan fingerprint density at radius 1 is 0.966 bits per heavy atom. The highest BCUT2D eigenvalue weighted by molar-refractivity contribution is 5.96. The molecule has 0 bridgehead atoms. The van der Waals surface area contributed by atoms with E-state index in [2.05, 4.69) is 5.32 Å². The van der Waals surface area contributed by atoms with E-state index in [1.807, 2.05) is 4.90 Å². The van der Waals surface area contributed by atoms with E-state index in [-0.39, 0.29) is 36.0 Å². The first-order valence-corrected chi connectivity index (χ1v) is 9.62. The summed E-state index contributed by atoms with van der Waals surface area (Å²) in [6, 6.07) is 11.8. The molecule has 8 heteroatoms. The molecule has 2 aliphatic heterocycles. The van der Waals surface area contributed by atoms with E-state index in [0.717, 1.165) is 0 Å². The third kappa shape index (κ3) is 4.16. The Labute approximate surface area is 167 Å². The third-order valence-corrected chi connectivity index (χ3v) is 5.35. The summed E-state index contributed by atoms with van der Waals surface area (Å²) in [6.45, 7) is 2.38. The van der Waals surface area contributed by atoms with Crippen LogP contribution in [-0.4, -0.2) is 55.6 Å². The van der Waals surface area contributed by atoms with Gasteiger partial charge in [0.15, 0.2) is 0 Å². The lowest BCUT2D eigenvalue weighted by Gasteiger charge is -2.36. The molecule has 0 radical (unpaired) electrons. The molecule has 29 heavy (non-hydrogen) atoms. The number of carbonyl (C=O) groups excluding carboxylic acids is 2. The SMILES string of the molecule is O=C(NC1CC(=O)N(c2ccc(F)cc2)C1)N1CCN(c2ccccc2F)CC1. The van der Waals surface area contributed by atoms with E-state index in [9.17, 15) is 18.4 Å². The minimum Gasteiger partial charge on any atom is -0.366 e. The molecule has 0 saturated carbocycles. The average Bonchev–Trinajstić information content (AvgIpc) is 3.09.